The van der Waals surface area contributed by atoms with Crippen molar-refractivity contribution in [2.75, 3.05) is 7.05 Å². The van der Waals surface area contributed by atoms with Gasteiger partial charge in [0.15, 0.2) is 0 Å². The molecule has 11 atom stereocenters. The van der Waals surface area contributed by atoms with Crippen molar-refractivity contribution in [1.29, 1.82) is 0 Å². The van der Waals surface area contributed by atoms with Gasteiger partial charge >= 0.3 is 0 Å². The van der Waals surface area contributed by atoms with Crippen molar-refractivity contribution in [3.63, 3.8) is 0 Å². The van der Waals surface area contributed by atoms with Crippen molar-refractivity contribution in [3.05, 3.63) is 34.9 Å². The summed E-state index contributed by atoms with van der Waals surface area (Å²) in [5.74, 6) is 3.83. The molecule has 2 heterocycles. The second kappa shape index (κ2) is 8.07. The Labute approximate surface area is 226 Å². The number of hydrogen-bond acceptors (Lipinski definition) is 3. The predicted octanol–water partition coefficient (Wildman–Crippen LogP) is 6.69. The monoisotopic (exact) mass is 504 g/mol. The van der Waals surface area contributed by atoms with Crippen molar-refractivity contribution >= 4 is 0 Å². The van der Waals surface area contributed by atoms with E-state index in [1.165, 1.54) is 76.2 Å². The largest absolute Gasteiger partial charge is 0.391 e. The highest BCUT2D eigenvalue weighted by atomic mass is 16.3. The Kier molecular flexibility index (Phi) is 5.48. The van der Waals surface area contributed by atoms with Crippen LogP contribution in [0.4, 0.5) is 0 Å². The highest BCUT2D eigenvalue weighted by Crippen LogP contribution is 2.74. The Morgan fingerprint density at radius 3 is 2.62 bits per heavy atom. The molecule has 204 valence electrons. The normalized spacial score (nSPS) is 54.3. The first kappa shape index (κ1) is 25.1. The fourth-order valence-electron chi connectivity index (χ4n) is 12.3. The minimum atomic E-state index is -0.182. The third kappa shape index (κ3) is 3.17. The van der Waals surface area contributed by atoms with Gasteiger partial charge in [-0.1, -0.05) is 36.3 Å². The van der Waals surface area contributed by atoms with E-state index in [1.807, 2.05) is 7.05 Å². The first-order valence-electron chi connectivity index (χ1n) is 15.8. The Bertz CT molecular complexity index is 1070. The number of aliphatic hydroxyl groups is 1. The fraction of sp³-hybridized carbons (Fsp3) is 0.824. The van der Waals surface area contributed by atoms with E-state index in [0.29, 0.717) is 28.7 Å². The molecule has 4 saturated carbocycles. The van der Waals surface area contributed by atoms with Crippen LogP contribution in [0, 0.1) is 40.4 Å². The number of allylic oxidation sites excluding steroid dienone is 4. The lowest BCUT2D eigenvalue weighted by molar-refractivity contribution is -0.0926. The van der Waals surface area contributed by atoms with Gasteiger partial charge in [-0.3, -0.25) is 0 Å². The van der Waals surface area contributed by atoms with Crippen LogP contribution >= 0.6 is 0 Å². The molecule has 5 aliphatic carbocycles. The molecule has 2 bridgehead atoms. The summed E-state index contributed by atoms with van der Waals surface area (Å²) < 4.78 is 0. The maximum absolute atomic E-state index is 11.1. The Balaban J connectivity index is 1.23. The fourth-order valence-corrected chi connectivity index (χ4v) is 12.3. The topological polar surface area (TPSA) is 44.3 Å². The zero-order valence-corrected chi connectivity index (χ0v) is 24.3. The zero-order valence-electron chi connectivity index (χ0n) is 24.3. The third-order valence-electron chi connectivity index (χ3n) is 14.2. The summed E-state index contributed by atoms with van der Waals surface area (Å²) in [6, 6.07) is 0.291. The molecule has 2 saturated heterocycles. The Morgan fingerprint density at radius 2 is 1.86 bits per heavy atom. The number of hydrogen-bond donors (Lipinski definition) is 3. The third-order valence-corrected chi connectivity index (χ3v) is 14.2. The molecule has 2 aliphatic heterocycles. The molecule has 3 nitrogen and oxygen atoms in total. The van der Waals surface area contributed by atoms with Crippen LogP contribution in [0.3, 0.4) is 0 Å². The van der Waals surface area contributed by atoms with Gasteiger partial charge in [0.25, 0.3) is 0 Å². The van der Waals surface area contributed by atoms with Crippen molar-refractivity contribution in [3.8, 4) is 0 Å². The highest BCUT2D eigenvalue weighted by molar-refractivity contribution is 5.45. The van der Waals surface area contributed by atoms with Crippen LogP contribution < -0.4 is 10.6 Å². The van der Waals surface area contributed by atoms with Crippen LogP contribution in [0.15, 0.2) is 34.9 Å². The molecule has 7 aliphatic rings. The molecular weight excluding hydrogens is 452 g/mol. The summed E-state index contributed by atoms with van der Waals surface area (Å²) in [4.78, 5) is 0. The van der Waals surface area contributed by atoms with Gasteiger partial charge in [-0.25, -0.2) is 0 Å². The number of fused-ring (bicyclic) bond motifs is 3. The van der Waals surface area contributed by atoms with Gasteiger partial charge in [-0.15, -0.1) is 0 Å². The Hall–Kier alpha value is -0.900. The molecule has 37 heavy (non-hydrogen) atoms. The predicted molar refractivity (Wildman–Crippen MR) is 152 cm³/mol. The lowest BCUT2D eigenvalue weighted by Gasteiger charge is -2.65. The highest BCUT2D eigenvalue weighted by Gasteiger charge is 2.74. The van der Waals surface area contributed by atoms with Gasteiger partial charge in [-0.05, 0) is 151 Å². The summed E-state index contributed by atoms with van der Waals surface area (Å²) in [6.07, 6.45) is 18.0. The smallest absolute Gasteiger partial charge is 0.0696 e. The molecule has 3 heteroatoms. The minimum absolute atomic E-state index is 0.182. The molecule has 0 radical (unpaired) electrons. The van der Waals surface area contributed by atoms with Crippen LogP contribution in [0.2, 0.25) is 0 Å². The standard InChI is InChI=1S/C34H52N2O/c1-20(2)22-7-9-31(4)19-26(13-21(3)27(31)15-22)33-10-8-24-17-25-14-23-16-29(35-6)30(37)18-28(23)34(25,12-11-33)32(24,5)36-33/h13,22-25,28-30,35-37H,1,7-12,14-19H2,2-6H3. The summed E-state index contributed by atoms with van der Waals surface area (Å²) in [5, 5.41) is 19.1. The maximum atomic E-state index is 11.1. The second-order valence-corrected chi connectivity index (χ2v) is 15.5. The summed E-state index contributed by atoms with van der Waals surface area (Å²) in [7, 11) is 2.04. The van der Waals surface area contributed by atoms with Crippen molar-refractivity contribution in [1.82, 2.24) is 10.6 Å². The molecule has 0 aromatic rings. The van der Waals surface area contributed by atoms with Gasteiger partial charge in [0.1, 0.15) is 0 Å². The molecule has 3 N–H and O–H groups in total. The number of aliphatic hydroxyl groups excluding tert-OH is 1. The molecule has 7 rings (SSSR count). The lowest BCUT2D eigenvalue weighted by Crippen LogP contribution is -2.74. The lowest BCUT2D eigenvalue weighted by atomic mass is 9.49. The number of nitrogens with one attached hydrogen (secondary N) is 2. The Morgan fingerprint density at radius 1 is 1.05 bits per heavy atom. The zero-order chi connectivity index (χ0) is 26.0. The minimum Gasteiger partial charge on any atom is -0.391 e. The van der Waals surface area contributed by atoms with Crippen LogP contribution in [0.1, 0.15) is 105 Å². The van der Waals surface area contributed by atoms with Crippen LogP contribution in [-0.2, 0) is 0 Å². The molecule has 0 aromatic carbocycles. The average Bonchev–Trinajstić information content (AvgIpc) is 3.31. The van der Waals surface area contributed by atoms with E-state index in [4.69, 9.17) is 0 Å². The van der Waals surface area contributed by atoms with Gasteiger partial charge < -0.3 is 15.7 Å². The second-order valence-electron chi connectivity index (χ2n) is 15.5. The number of piperidine rings is 2. The molecule has 1 spiro atoms. The number of rotatable bonds is 3. The first-order chi connectivity index (χ1) is 17.6. The summed E-state index contributed by atoms with van der Waals surface area (Å²) in [6.45, 7) is 14.2. The van der Waals surface area contributed by atoms with E-state index >= 15 is 0 Å². The summed E-state index contributed by atoms with van der Waals surface area (Å²) >= 11 is 0. The van der Waals surface area contributed by atoms with Gasteiger partial charge in [0, 0.05) is 17.1 Å². The number of likely N-dealkylation sites (N-methyl/N-ethyl adjacent to an activating group) is 1. The van der Waals surface area contributed by atoms with E-state index in [0.717, 1.165) is 24.2 Å². The molecule has 11 unspecified atom stereocenters. The molecular formula is C34H52N2O. The van der Waals surface area contributed by atoms with Crippen molar-refractivity contribution in [2.45, 2.75) is 128 Å². The van der Waals surface area contributed by atoms with Crippen LogP contribution in [0.5, 0.6) is 0 Å². The van der Waals surface area contributed by atoms with Gasteiger partial charge in [0.05, 0.1) is 6.10 Å². The van der Waals surface area contributed by atoms with E-state index in [-0.39, 0.29) is 17.2 Å². The van der Waals surface area contributed by atoms with E-state index < -0.39 is 0 Å². The van der Waals surface area contributed by atoms with Crippen molar-refractivity contribution < 1.29 is 5.11 Å². The van der Waals surface area contributed by atoms with Crippen LogP contribution in [0.25, 0.3) is 0 Å². The van der Waals surface area contributed by atoms with Crippen molar-refractivity contribution in [2.24, 2.45) is 40.4 Å². The molecule has 6 fully saturated rings. The molecule has 0 amide bonds. The SMILES string of the molecule is C=C(C)C1CCC2(C)CC(C34CCC5CC6CC7CC(NC)C(O)CC7C6(CC3)C5(C)N4)=CC(C)=C2C1. The van der Waals surface area contributed by atoms with Crippen LogP contribution in [-0.4, -0.2) is 35.4 Å². The maximum Gasteiger partial charge on any atom is 0.0696 e. The quantitative estimate of drug-likeness (QED) is 0.375. The van der Waals surface area contributed by atoms with E-state index in [1.54, 1.807) is 16.7 Å². The molecule has 0 aromatic heterocycles. The van der Waals surface area contributed by atoms with E-state index in [2.05, 4.69) is 51.0 Å². The van der Waals surface area contributed by atoms with E-state index in [9.17, 15) is 5.11 Å². The average molecular weight is 505 g/mol. The van der Waals surface area contributed by atoms with Gasteiger partial charge in [-0.2, -0.15) is 0 Å². The summed E-state index contributed by atoms with van der Waals surface area (Å²) in [5.41, 5.74) is 7.53. The van der Waals surface area contributed by atoms with Gasteiger partial charge in [0.2, 0.25) is 0 Å². The first-order valence-corrected chi connectivity index (χ1v) is 15.8.